The van der Waals surface area contributed by atoms with E-state index in [9.17, 15) is 24.6 Å². The van der Waals surface area contributed by atoms with E-state index < -0.39 is 47.8 Å². The van der Waals surface area contributed by atoms with E-state index in [0.717, 1.165) is 7.11 Å². The van der Waals surface area contributed by atoms with Crippen LogP contribution in [0.15, 0.2) is 48.5 Å². The number of aromatic hydroxyl groups is 1. The standard InChI is InChI=1S/C22H23N3O7/c1-31-14-10-11(8-9-13(14)26)17-15(19(28)22(30)32-2)18(27)16-20(23-17)24-25(21(16)29)12-6-4-3-5-7-12/h3-10,15-18,20,23-24,26-27H,1-2H3. The monoisotopic (exact) mass is 441 g/mol. The summed E-state index contributed by atoms with van der Waals surface area (Å²) in [6, 6.07) is 12.4. The van der Waals surface area contributed by atoms with Gasteiger partial charge in [0, 0.05) is 6.04 Å². The molecular weight excluding hydrogens is 418 g/mol. The van der Waals surface area contributed by atoms with Gasteiger partial charge >= 0.3 is 5.97 Å². The van der Waals surface area contributed by atoms with Crippen molar-refractivity contribution in [3.05, 3.63) is 54.1 Å². The molecule has 168 valence electrons. The first kappa shape index (κ1) is 21.8. The zero-order chi connectivity index (χ0) is 23.0. The smallest absolute Gasteiger partial charge is 0.374 e. The van der Waals surface area contributed by atoms with Crippen LogP contribution in [0.1, 0.15) is 11.6 Å². The van der Waals surface area contributed by atoms with Gasteiger partial charge in [-0.25, -0.2) is 15.2 Å². The molecule has 2 saturated heterocycles. The van der Waals surface area contributed by atoms with E-state index in [-0.39, 0.29) is 11.5 Å². The Labute approximate surface area is 183 Å². The van der Waals surface area contributed by atoms with Crippen LogP contribution in [0.3, 0.4) is 0 Å². The van der Waals surface area contributed by atoms with Crippen LogP contribution in [0.4, 0.5) is 5.69 Å². The third-order valence-corrected chi connectivity index (χ3v) is 5.85. The molecule has 2 fully saturated rings. The average Bonchev–Trinajstić information content (AvgIpc) is 3.15. The van der Waals surface area contributed by atoms with Crippen LogP contribution in [0.5, 0.6) is 11.5 Å². The van der Waals surface area contributed by atoms with Gasteiger partial charge in [0.25, 0.3) is 0 Å². The minimum absolute atomic E-state index is 0.106. The number of esters is 1. The minimum Gasteiger partial charge on any atom is -0.504 e. The third kappa shape index (κ3) is 3.58. The van der Waals surface area contributed by atoms with Crippen molar-refractivity contribution in [3.63, 3.8) is 0 Å². The SMILES string of the molecule is COC(=O)C(=O)C1C(c2ccc(O)c(OC)c2)NC2NN(c3ccccc3)C(=O)C2C1O. The van der Waals surface area contributed by atoms with Crippen LogP contribution in [0, 0.1) is 11.8 Å². The van der Waals surface area contributed by atoms with Crippen molar-refractivity contribution in [2.45, 2.75) is 18.3 Å². The number of hydrogen-bond acceptors (Lipinski definition) is 9. The molecule has 2 aliphatic rings. The largest absolute Gasteiger partial charge is 0.504 e. The van der Waals surface area contributed by atoms with E-state index in [1.807, 2.05) is 6.07 Å². The number of hydrazine groups is 1. The number of amides is 1. The van der Waals surface area contributed by atoms with Crippen molar-refractivity contribution in [1.29, 1.82) is 0 Å². The van der Waals surface area contributed by atoms with E-state index in [1.165, 1.54) is 24.3 Å². The Morgan fingerprint density at radius 3 is 2.47 bits per heavy atom. The molecule has 2 aromatic rings. The van der Waals surface area contributed by atoms with Crippen LogP contribution < -0.4 is 20.5 Å². The molecule has 4 N–H and O–H groups in total. The second-order valence-electron chi connectivity index (χ2n) is 7.59. The Morgan fingerprint density at radius 1 is 1.09 bits per heavy atom. The number of methoxy groups -OCH3 is 2. The molecule has 2 aliphatic heterocycles. The van der Waals surface area contributed by atoms with E-state index in [0.29, 0.717) is 11.3 Å². The fourth-order valence-electron chi connectivity index (χ4n) is 4.29. The number of rotatable bonds is 5. The van der Waals surface area contributed by atoms with Crippen molar-refractivity contribution in [3.8, 4) is 11.5 Å². The lowest BCUT2D eigenvalue weighted by atomic mass is 9.75. The van der Waals surface area contributed by atoms with Crippen molar-refractivity contribution >= 4 is 23.3 Å². The first-order valence-corrected chi connectivity index (χ1v) is 9.95. The molecule has 5 unspecified atom stereocenters. The molecule has 32 heavy (non-hydrogen) atoms. The van der Waals surface area contributed by atoms with Crippen LogP contribution in [-0.2, 0) is 19.1 Å². The lowest BCUT2D eigenvalue weighted by Crippen LogP contribution is -2.60. The van der Waals surface area contributed by atoms with Gasteiger partial charge in [-0.1, -0.05) is 24.3 Å². The fraction of sp³-hybridized carbons (Fsp3) is 0.318. The molecule has 10 nitrogen and oxygen atoms in total. The van der Waals surface area contributed by atoms with Gasteiger partial charge in [-0.05, 0) is 29.8 Å². The molecule has 2 heterocycles. The molecule has 2 aromatic carbocycles. The predicted molar refractivity (Wildman–Crippen MR) is 111 cm³/mol. The van der Waals surface area contributed by atoms with Crippen LogP contribution in [0.2, 0.25) is 0 Å². The number of benzene rings is 2. The first-order chi connectivity index (χ1) is 15.4. The van der Waals surface area contributed by atoms with Gasteiger partial charge in [-0.15, -0.1) is 0 Å². The number of nitrogens with one attached hydrogen (secondary N) is 2. The Morgan fingerprint density at radius 2 is 1.81 bits per heavy atom. The summed E-state index contributed by atoms with van der Waals surface area (Å²) in [4.78, 5) is 38.1. The molecular formula is C22H23N3O7. The molecule has 0 saturated carbocycles. The number of ether oxygens (including phenoxy) is 2. The molecule has 1 amide bonds. The second-order valence-corrected chi connectivity index (χ2v) is 7.59. The number of phenols is 1. The van der Waals surface area contributed by atoms with E-state index in [2.05, 4.69) is 15.5 Å². The van der Waals surface area contributed by atoms with Gasteiger partial charge in [-0.3, -0.25) is 14.9 Å². The number of aliphatic hydroxyl groups excluding tert-OH is 1. The number of aliphatic hydroxyl groups is 1. The number of phenolic OH excluding ortho intramolecular Hbond substituents is 1. The summed E-state index contributed by atoms with van der Waals surface area (Å²) < 4.78 is 9.74. The Kier molecular flexibility index (Phi) is 5.83. The molecule has 0 spiro atoms. The van der Waals surface area contributed by atoms with Gasteiger partial charge < -0.3 is 19.7 Å². The summed E-state index contributed by atoms with van der Waals surface area (Å²) in [7, 11) is 2.45. The van der Waals surface area contributed by atoms with Gasteiger partial charge in [0.05, 0.1) is 44.0 Å². The first-order valence-electron chi connectivity index (χ1n) is 9.95. The maximum Gasteiger partial charge on any atom is 0.374 e. The number of piperidine rings is 1. The summed E-state index contributed by atoms with van der Waals surface area (Å²) in [5.41, 5.74) is 4.08. The summed E-state index contributed by atoms with van der Waals surface area (Å²) in [5.74, 6) is -4.80. The van der Waals surface area contributed by atoms with E-state index in [4.69, 9.17) is 4.74 Å². The number of anilines is 1. The van der Waals surface area contributed by atoms with Crippen molar-refractivity contribution in [1.82, 2.24) is 10.7 Å². The molecule has 0 bridgehead atoms. The maximum atomic E-state index is 13.1. The van der Waals surface area contributed by atoms with Crippen LogP contribution in [0.25, 0.3) is 0 Å². The Bertz CT molecular complexity index is 1050. The summed E-state index contributed by atoms with van der Waals surface area (Å²) >= 11 is 0. The number of para-hydroxylation sites is 1. The highest BCUT2D eigenvalue weighted by atomic mass is 16.5. The zero-order valence-corrected chi connectivity index (χ0v) is 17.4. The number of carbonyl (C=O) groups is 3. The third-order valence-electron chi connectivity index (χ3n) is 5.85. The van der Waals surface area contributed by atoms with Crippen molar-refractivity contribution < 1.29 is 34.1 Å². The highest BCUT2D eigenvalue weighted by molar-refractivity contribution is 6.34. The Balaban J connectivity index is 1.74. The molecule has 4 rings (SSSR count). The molecule has 5 atom stereocenters. The normalized spacial score (nSPS) is 27.0. The second kappa shape index (κ2) is 8.58. The lowest BCUT2D eigenvalue weighted by Gasteiger charge is -2.40. The molecule has 0 aliphatic carbocycles. The summed E-state index contributed by atoms with van der Waals surface area (Å²) in [6.07, 6.45) is -2.20. The van der Waals surface area contributed by atoms with Crippen molar-refractivity contribution in [2.75, 3.05) is 19.2 Å². The molecule has 0 aromatic heterocycles. The van der Waals surface area contributed by atoms with Gasteiger partial charge in [0.15, 0.2) is 11.5 Å². The van der Waals surface area contributed by atoms with E-state index in [1.54, 1.807) is 30.3 Å². The van der Waals surface area contributed by atoms with Crippen LogP contribution in [-0.4, -0.2) is 54.4 Å². The van der Waals surface area contributed by atoms with Gasteiger partial charge in [0.1, 0.15) is 0 Å². The van der Waals surface area contributed by atoms with E-state index >= 15 is 0 Å². The zero-order valence-electron chi connectivity index (χ0n) is 17.4. The number of fused-ring (bicyclic) bond motifs is 1. The number of Topliss-reactive ketones (excluding diaryl/α,β-unsaturated/α-hetero) is 1. The number of hydrogen-bond donors (Lipinski definition) is 4. The number of nitrogens with zero attached hydrogens (tertiary/aromatic N) is 1. The number of ketones is 1. The summed E-state index contributed by atoms with van der Waals surface area (Å²) in [6.45, 7) is 0. The fourth-order valence-corrected chi connectivity index (χ4v) is 4.29. The summed E-state index contributed by atoms with van der Waals surface area (Å²) in [5, 5.41) is 25.6. The quantitative estimate of drug-likeness (QED) is 0.380. The van der Waals surface area contributed by atoms with Crippen LogP contribution >= 0.6 is 0 Å². The maximum absolute atomic E-state index is 13.1. The van der Waals surface area contributed by atoms with Gasteiger partial charge in [0.2, 0.25) is 11.7 Å². The average molecular weight is 441 g/mol. The molecule has 10 heteroatoms. The minimum atomic E-state index is -1.48. The highest BCUT2D eigenvalue weighted by Crippen LogP contribution is 2.40. The Hall–Kier alpha value is -3.47. The van der Waals surface area contributed by atoms with Gasteiger partial charge in [-0.2, -0.15) is 0 Å². The molecule has 0 radical (unpaired) electrons. The predicted octanol–water partition coefficient (Wildman–Crippen LogP) is 0.258. The topological polar surface area (TPSA) is 137 Å². The highest BCUT2D eigenvalue weighted by Gasteiger charge is 2.56. The number of carbonyl (C=O) groups excluding carboxylic acids is 3. The lowest BCUT2D eigenvalue weighted by molar-refractivity contribution is -0.159. The van der Waals surface area contributed by atoms with Crippen molar-refractivity contribution in [2.24, 2.45) is 11.8 Å².